The Morgan fingerprint density at radius 1 is 1.12 bits per heavy atom. The minimum absolute atomic E-state index is 0.00873. The number of benzene rings is 1. The molecule has 8 heteroatoms. The van der Waals surface area contributed by atoms with Gasteiger partial charge in [0.15, 0.2) is 0 Å². The molecule has 1 aliphatic rings. The average Bonchev–Trinajstić information content (AvgIpc) is 3.19. The Labute approximate surface area is 194 Å². The molecule has 0 atom stereocenters. The van der Waals surface area contributed by atoms with Gasteiger partial charge in [0.25, 0.3) is 5.91 Å². The Morgan fingerprint density at radius 3 is 2.55 bits per heavy atom. The lowest BCUT2D eigenvalue weighted by atomic mass is 9.79. The van der Waals surface area contributed by atoms with Crippen LogP contribution in [0.3, 0.4) is 0 Å². The molecule has 0 radical (unpaired) electrons. The number of amides is 1. The first-order chi connectivity index (χ1) is 15.7. The van der Waals surface area contributed by atoms with Crippen molar-refractivity contribution < 1.29 is 13.2 Å². The minimum Gasteiger partial charge on any atom is -0.358 e. The van der Waals surface area contributed by atoms with Crippen LogP contribution < -0.4 is 10.5 Å². The van der Waals surface area contributed by atoms with E-state index in [2.05, 4.69) is 27.4 Å². The van der Waals surface area contributed by atoms with Crippen LogP contribution in [-0.4, -0.2) is 30.8 Å². The molecule has 4 rings (SSSR count). The van der Waals surface area contributed by atoms with Crippen molar-refractivity contribution in [3.05, 3.63) is 71.2 Å². The monoisotopic (exact) mass is 466 g/mol. The van der Waals surface area contributed by atoms with Crippen molar-refractivity contribution in [2.24, 2.45) is 11.1 Å². The molecule has 0 saturated heterocycles. The van der Waals surface area contributed by atoms with Gasteiger partial charge in [0, 0.05) is 29.7 Å². The number of sulfonamides is 1. The standard InChI is InChI=1S/C25H30N4O3S/c1-16-13-20(11-12-27-16)19-9-7-18(8-10-19)15-28-25(30)22-14-17(2)29-24(22)21-5-3-4-6-23(21)33(26,31)32/h3-6,11-14,18-19,29H,7-10,15H2,1-2H3,(H,28,30)(H2,26,31,32). The Hall–Kier alpha value is -2.97. The van der Waals surface area contributed by atoms with Crippen LogP contribution in [0.15, 0.2) is 53.6 Å². The highest BCUT2D eigenvalue weighted by atomic mass is 32.2. The van der Waals surface area contributed by atoms with Gasteiger partial charge >= 0.3 is 0 Å². The number of rotatable bonds is 6. The molecule has 174 valence electrons. The zero-order valence-corrected chi connectivity index (χ0v) is 19.8. The number of aromatic amines is 1. The van der Waals surface area contributed by atoms with Crippen molar-refractivity contribution >= 4 is 15.9 Å². The van der Waals surface area contributed by atoms with Gasteiger partial charge in [-0.3, -0.25) is 9.78 Å². The predicted molar refractivity (Wildman–Crippen MR) is 128 cm³/mol. The molecule has 1 fully saturated rings. The molecular weight excluding hydrogens is 436 g/mol. The number of carbonyl (C=O) groups is 1. The highest BCUT2D eigenvalue weighted by Gasteiger charge is 2.25. The number of H-pyrrole nitrogens is 1. The summed E-state index contributed by atoms with van der Waals surface area (Å²) in [6.45, 7) is 4.45. The van der Waals surface area contributed by atoms with E-state index in [4.69, 9.17) is 5.14 Å². The summed E-state index contributed by atoms with van der Waals surface area (Å²) in [6, 6.07) is 12.5. The van der Waals surface area contributed by atoms with Crippen molar-refractivity contribution in [2.45, 2.75) is 50.3 Å². The fourth-order valence-electron chi connectivity index (χ4n) is 4.76. The van der Waals surface area contributed by atoms with E-state index < -0.39 is 10.0 Å². The number of carbonyl (C=O) groups excluding carboxylic acids is 1. The summed E-state index contributed by atoms with van der Waals surface area (Å²) in [7, 11) is -3.93. The van der Waals surface area contributed by atoms with Crippen molar-refractivity contribution in [3.63, 3.8) is 0 Å². The van der Waals surface area contributed by atoms with Crippen LogP contribution in [-0.2, 0) is 10.0 Å². The fourth-order valence-corrected chi connectivity index (χ4v) is 5.50. The number of hydrogen-bond acceptors (Lipinski definition) is 4. The fraction of sp³-hybridized carbons (Fsp3) is 0.360. The molecule has 0 spiro atoms. The number of nitrogens with zero attached hydrogens (tertiary/aromatic N) is 1. The van der Waals surface area contributed by atoms with Gasteiger partial charge < -0.3 is 10.3 Å². The summed E-state index contributed by atoms with van der Waals surface area (Å²) >= 11 is 0. The topological polar surface area (TPSA) is 118 Å². The molecule has 2 aromatic heterocycles. The Balaban J connectivity index is 1.43. The highest BCUT2D eigenvalue weighted by molar-refractivity contribution is 7.89. The smallest absolute Gasteiger partial charge is 0.253 e. The number of nitrogens with one attached hydrogen (secondary N) is 2. The van der Waals surface area contributed by atoms with E-state index in [-0.39, 0.29) is 10.8 Å². The van der Waals surface area contributed by atoms with E-state index in [0.717, 1.165) is 37.1 Å². The van der Waals surface area contributed by atoms with Gasteiger partial charge in [0.1, 0.15) is 0 Å². The van der Waals surface area contributed by atoms with Crippen LogP contribution in [0, 0.1) is 19.8 Å². The van der Waals surface area contributed by atoms with Crippen molar-refractivity contribution in [3.8, 4) is 11.3 Å². The van der Waals surface area contributed by atoms with Crippen molar-refractivity contribution in [1.82, 2.24) is 15.3 Å². The third-order valence-corrected chi connectivity index (χ3v) is 7.42. The number of aryl methyl sites for hydroxylation is 2. The molecule has 1 amide bonds. The molecule has 1 aliphatic carbocycles. The van der Waals surface area contributed by atoms with Crippen LogP contribution in [0.1, 0.15) is 58.9 Å². The van der Waals surface area contributed by atoms with Gasteiger partial charge in [-0.2, -0.15) is 0 Å². The van der Waals surface area contributed by atoms with Crippen molar-refractivity contribution in [1.29, 1.82) is 0 Å². The molecular formula is C25H30N4O3S. The van der Waals surface area contributed by atoms with E-state index in [9.17, 15) is 13.2 Å². The molecule has 1 aromatic carbocycles. The van der Waals surface area contributed by atoms with Gasteiger partial charge in [0.05, 0.1) is 16.2 Å². The minimum atomic E-state index is -3.93. The molecule has 0 aliphatic heterocycles. The summed E-state index contributed by atoms with van der Waals surface area (Å²) in [4.78, 5) is 20.5. The lowest BCUT2D eigenvalue weighted by Crippen LogP contribution is -2.31. The number of pyridine rings is 1. The van der Waals surface area contributed by atoms with Crippen LogP contribution in [0.4, 0.5) is 0 Å². The van der Waals surface area contributed by atoms with Gasteiger partial charge in [-0.1, -0.05) is 18.2 Å². The normalized spacial score (nSPS) is 18.8. The molecule has 1 saturated carbocycles. The number of hydrogen-bond donors (Lipinski definition) is 3. The number of primary sulfonamides is 1. The van der Waals surface area contributed by atoms with Crippen LogP contribution in [0.25, 0.3) is 11.3 Å². The molecule has 0 unspecified atom stereocenters. The Kier molecular flexibility index (Phi) is 6.67. The van der Waals surface area contributed by atoms with E-state index >= 15 is 0 Å². The summed E-state index contributed by atoms with van der Waals surface area (Å²) in [6.07, 6.45) is 6.18. The van der Waals surface area contributed by atoms with E-state index in [0.29, 0.717) is 35.2 Å². The zero-order chi connectivity index (χ0) is 23.6. The van der Waals surface area contributed by atoms with Gasteiger partial charge in [0.2, 0.25) is 10.0 Å². The quantitative estimate of drug-likeness (QED) is 0.508. The maximum Gasteiger partial charge on any atom is 0.253 e. The van der Waals surface area contributed by atoms with Gasteiger partial charge in [-0.05, 0) is 81.2 Å². The van der Waals surface area contributed by atoms with Crippen LogP contribution in [0.5, 0.6) is 0 Å². The van der Waals surface area contributed by atoms with Gasteiger partial charge in [-0.15, -0.1) is 0 Å². The molecule has 2 heterocycles. The van der Waals surface area contributed by atoms with Crippen LogP contribution in [0.2, 0.25) is 0 Å². The largest absolute Gasteiger partial charge is 0.358 e. The predicted octanol–water partition coefficient (Wildman–Crippen LogP) is 4.04. The van der Waals surface area contributed by atoms with Gasteiger partial charge in [-0.25, -0.2) is 13.6 Å². The highest BCUT2D eigenvalue weighted by Crippen LogP contribution is 2.36. The first-order valence-corrected chi connectivity index (χ1v) is 12.8. The zero-order valence-electron chi connectivity index (χ0n) is 19.0. The molecule has 7 nitrogen and oxygen atoms in total. The second-order valence-electron chi connectivity index (χ2n) is 8.94. The SMILES string of the molecule is Cc1cc(C2CCC(CNC(=O)c3cc(C)[nH]c3-c3ccccc3S(N)(=O)=O)CC2)ccn1. The van der Waals surface area contributed by atoms with Crippen molar-refractivity contribution in [2.75, 3.05) is 6.54 Å². The lowest BCUT2D eigenvalue weighted by molar-refractivity contribution is 0.0943. The summed E-state index contributed by atoms with van der Waals surface area (Å²) < 4.78 is 24.1. The van der Waals surface area contributed by atoms with E-state index in [1.165, 1.54) is 11.6 Å². The van der Waals surface area contributed by atoms with Crippen LogP contribution >= 0.6 is 0 Å². The first kappa shape index (κ1) is 23.2. The average molecular weight is 467 g/mol. The second kappa shape index (κ2) is 9.49. The molecule has 0 bridgehead atoms. The number of aromatic nitrogens is 2. The Morgan fingerprint density at radius 2 is 1.85 bits per heavy atom. The molecule has 4 N–H and O–H groups in total. The maximum atomic E-state index is 13.1. The molecule has 33 heavy (non-hydrogen) atoms. The first-order valence-electron chi connectivity index (χ1n) is 11.2. The second-order valence-corrected chi connectivity index (χ2v) is 10.5. The Bertz CT molecular complexity index is 1260. The molecule has 3 aromatic rings. The summed E-state index contributed by atoms with van der Waals surface area (Å²) in [5.41, 5.74) is 4.45. The maximum absolute atomic E-state index is 13.1. The lowest BCUT2D eigenvalue weighted by Gasteiger charge is -2.29. The summed E-state index contributed by atoms with van der Waals surface area (Å²) in [5, 5.41) is 8.46. The van der Waals surface area contributed by atoms with E-state index in [1.54, 1.807) is 24.3 Å². The summed E-state index contributed by atoms with van der Waals surface area (Å²) in [5.74, 6) is 0.756. The third kappa shape index (κ3) is 5.34. The number of nitrogens with two attached hydrogens (primary N) is 1. The van der Waals surface area contributed by atoms with E-state index in [1.807, 2.05) is 20.0 Å². The third-order valence-electron chi connectivity index (χ3n) is 6.45.